The van der Waals surface area contributed by atoms with Gasteiger partial charge in [-0.1, -0.05) is 45.0 Å². The lowest BCUT2D eigenvalue weighted by molar-refractivity contribution is -0.136. The Morgan fingerprint density at radius 3 is 2.50 bits per heavy atom. The number of benzene rings is 2. The molecule has 0 saturated heterocycles. The minimum atomic E-state index is -0.602. The molecular formula is C28H28N2O6. The molecule has 186 valence electrons. The molecule has 2 aromatic carbocycles. The Bertz CT molecular complexity index is 1280. The van der Waals surface area contributed by atoms with Gasteiger partial charge in [0.2, 0.25) is 0 Å². The Kier molecular flexibility index (Phi) is 8.52. The lowest BCUT2D eigenvalue weighted by Crippen LogP contribution is -2.23. The van der Waals surface area contributed by atoms with Crippen LogP contribution in [0.4, 0.5) is 0 Å². The largest absolute Gasteiger partial charge is 0.493 e. The van der Waals surface area contributed by atoms with Gasteiger partial charge in [0, 0.05) is 0 Å². The van der Waals surface area contributed by atoms with Crippen molar-refractivity contribution in [2.24, 2.45) is 0 Å². The Balaban J connectivity index is 1.66. The number of methoxy groups -OCH3 is 1. The molecule has 8 heteroatoms. The zero-order chi connectivity index (χ0) is 26.1. The normalized spacial score (nSPS) is 11.4. The first-order valence-corrected chi connectivity index (χ1v) is 11.2. The summed E-state index contributed by atoms with van der Waals surface area (Å²) in [5.41, 5.74) is 1.25. The topological polar surface area (TPSA) is 111 Å². The molecule has 1 amide bonds. The molecule has 8 nitrogen and oxygen atoms in total. The Morgan fingerprint density at radius 1 is 1.06 bits per heavy atom. The van der Waals surface area contributed by atoms with Crippen molar-refractivity contribution in [3.05, 3.63) is 83.3 Å². The lowest BCUT2D eigenvalue weighted by atomic mass is 9.86. The van der Waals surface area contributed by atoms with Crippen LogP contribution in [0.3, 0.4) is 0 Å². The highest BCUT2D eigenvalue weighted by Gasteiger charge is 2.20. The summed E-state index contributed by atoms with van der Waals surface area (Å²) < 4.78 is 21.7. The van der Waals surface area contributed by atoms with Crippen LogP contribution in [0.1, 0.15) is 37.7 Å². The molecule has 0 atom stereocenters. The smallest absolute Gasteiger partial charge is 0.349 e. The van der Waals surface area contributed by atoms with Crippen molar-refractivity contribution in [1.29, 1.82) is 5.26 Å². The summed E-state index contributed by atoms with van der Waals surface area (Å²) in [6.45, 7) is 6.07. The number of nitriles is 1. The van der Waals surface area contributed by atoms with E-state index in [1.54, 1.807) is 24.3 Å². The van der Waals surface area contributed by atoms with Crippen molar-refractivity contribution in [1.82, 2.24) is 5.32 Å². The predicted molar refractivity (Wildman–Crippen MR) is 133 cm³/mol. The maximum absolute atomic E-state index is 12.5. The standard InChI is InChI=1S/C28H28N2O6/c1-28(2,3)22-9-5-6-10-23(22)35-18-26(31)36-24-12-11-19(15-25(24)33-4)14-20(16-29)27(32)30-17-21-8-7-13-34-21/h5-15H,17-18H2,1-4H3,(H,30,32)/b20-14+. The second-order valence-electron chi connectivity index (χ2n) is 8.85. The van der Waals surface area contributed by atoms with Crippen LogP contribution in [0, 0.1) is 11.3 Å². The van der Waals surface area contributed by atoms with E-state index in [1.807, 2.05) is 30.3 Å². The first kappa shape index (κ1) is 26.1. The summed E-state index contributed by atoms with van der Waals surface area (Å²) in [6, 6.07) is 17.6. The van der Waals surface area contributed by atoms with Gasteiger partial charge in [0.15, 0.2) is 18.1 Å². The molecule has 3 rings (SSSR count). The molecule has 3 aromatic rings. The van der Waals surface area contributed by atoms with E-state index in [1.165, 1.54) is 25.5 Å². The van der Waals surface area contributed by atoms with E-state index in [4.69, 9.17) is 18.6 Å². The van der Waals surface area contributed by atoms with Gasteiger partial charge in [0.05, 0.1) is 19.9 Å². The molecule has 0 spiro atoms. The fourth-order valence-corrected chi connectivity index (χ4v) is 3.35. The van der Waals surface area contributed by atoms with Crippen molar-refractivity contribution in [2.75, 3.05) is 13.7 Å². The van der Waals surface area contributed by atoms with Crippen molar-refractivity contribution in [3.8, 4) is 23.3 Å². The second-order valence-corrected chi connectivity index (χ2v) is 8.85. The molecule has 0 aliphatic carbocycles. The third-order valence-electron chi connectivity index (χ3n) is 5.13. The van der Waals surface area contributed by atoms with E-state index in [9.17, 15) is 14.9 Å². The minimum Gasteiger partial charge on any atom is -0.493 e. The number of nitrogens with zero attached hydrogens (tertiary/aromatic N) is 1. The fraction of sp³-hybridized carbons (Fsp3) is 0.250. The predicted octanol–water partition coefficient (Wildman–Crippen LogP) is 4.79. The number of carbonyl (C=O) groups excluding carboxylic acids is 2. The van der Waals surface area contributed by atoms with Crippen molar-refractivity contribution >= 4 is 18.0 Å². The van der Waals surface area contributed by atoms with Gasteiger partial charge in [-0.25, -0.2) is 4.79 Å². The number of para-hydroxylation sites is 1. The number of amides is 1. The summed E-state index contributed by atoms with van der Waals surface area (Å²) in [5.74, 6) is 0.489. The van der Waals surface area contributed by atoms with Crippen molar-refractivity contribution in [3.63, 3.8) is 0 Å². The van der Waals surface area contributed by atoms with Crippen LogP contribution in [0.5, 0.6) is 17.2 Å². The minimum absolute atomic E-state index is 0.0979. The van der Waals surface area contributed by atoms with E-state index < -0.39 is 11.9 Å². The van der Waals surface area contributed by atoms with Crippen LogP contribution in [0.25, 0.3) is 6.08 Å². The van der Waals surface area contributed by atoms with Crippen LogP contribution in [-0.2, 0) is 21.5 Å². The quantitative estimate of drug-likeness (QED) is 0.199. The Morgan fingerprint density at radius 2 is 1.83 bits per heavy atom. The molecule has 0 radical (unpaired) electrons. The number of carbonyl (C=O) groups is 2. The maximum Gasteiger partial charge on any atom is 0.349 e. The van der Waals surface area contributed by atoms with Gasteiger partial charge < -0.3 is 23.9 Å². The Hall–Kier alpha value is -4.51. The Labute approximate surface area is 210 Å². The maximum atomic E-state index is 12.5. The molecule has 0 aliphatic rings. The van der Waals surface area contributed by atoms with E-state index >= 15 is 0 Å². The number of esters is 1. The van der Waals surface area contributed by atoms with E-state index in [0.29, 0.717) is 17.1 Å². The number of hydrogen-bond acceptors (Lipinski definition) is 7. The molecule has 0 bridgehead atoms. The average Bonchev–Trinajstić information content (AvgIpc) is 3.38. The van der Waals surface area contributed by atoms with E-state index in [0.717, 1.165) is 5.56 Å². The first-order valence-electron chi connectivity index (χ1n) is 11.2. The molecule has 0 saturated carbocycles. The highest BCUT2D eigenvalue weighted by Crippen LogP contribution is 2.32. The molecule has 0 fully saturated rings. The van der Waals surface area contributed by atoms with Gasteiger partial charge in [-0.05, 0) is 52.9 Å². The molecule has 0 unspecified atom stereocenters. The monoisotopic (exact) mass is 488 g/mol. The summed E-state index contributed by atoms with van der Waals surface area (Å²) in [7, 11) is 1.43. The zero-order valence-corrected chi connectivity index (χ0v) is 20.7. The number of rotatable bonds is 9. The summed E-state index contributed by atoms with van der Waals surface area (Å²) in [4.78, 5) is 24.8. The lowest BCUT2D eigenvalue weighted by Gasteiger charge is -2.22. The van der Waals surface area contributed by atoms with Gasteiger partial charge in [0.1, 0.15) is 23.2 Å². The summed E-state index contributed by atoms with van der Waals surface area (Å²) >= 11 is 0. The third-order valence-corrected chi connectivity index (χ3v) is 5.13. The van der Waals surface area contributed by atoms with Crippen LogP contribution in [0.2, 0.25) is 0 Å². The van der Waals surface area contributed by atoms with Gasteiger partial charge in [-0.2, -0.15) is 5.26 Å². The molecule has 36 heavy (non-hydrogen) atoms. The number of furan rings is 1. The SMILES string of the molecule is COc1cc(/C=C(\C#N)C(=O)NCc2ccco2)ccc1OC(=O)COc1ccccc1C(C)(C)C. The third kappa shape index (κ3) is 7.00. The van der Waals surface area contributed by atoms with E-state index in [2.05, 4.69) is 26.1 Å². The fourth-order valence-electron chi connectivity index (χ4n) is 3.35. The molecule has 1 N–H and O–H groups in total. The first-order chi connectivity index (χ1) is 17.2. The number of ether oxygens (including phenoxy) is 3. The number of hydrogen-bond donors (Lipinski definition) is 1. The van der Waals surface area contributed by atoms with Gasteiger partial charge in [0.25, 0.3) is 5.91 Å². The zero-order valence-electron chi connectivity index (χ0n) is 20.7. The van der Waals surface area contributed by atoms with E-state index in [-0.39, 0.29) is 35.6 Å². The van der Waals surface area contributed by atoms with Gasteiger partial charge >= 0.3 is 5.97 Å². The average molecular weight is 489 g/mol. The van der Waals surface area contributed by atoms with Crippen LogP contribution in [0.15, 0.2) is 70.9 Å². The summed E-state index contributed by atoms with van der Waals surface area (Å²) in [6.07, 6.45) is 2.91. The van der Waals surface area contributed by atoms with Crippen LogP contribution in [-0.4, -0.2) is 25.6 Å². The van der Waals surface area contributed by atoms with Gasteiger partial charge in [-0.15, -0.1) is 0 Å². The molecule has 0 aliphatic heterocycles. The van der Waals surface area contributed by atoms with Gasteiger partial charge in [-0.3, -0.25) is 4.79 Å². The number of nitrogens with one attached hydrogen (secondary N) is 1. The highest BCUT2D eigenvalue weighted by molar-refractivity contribution is 6.01. The van der Waals surface area contributed by atoms with Crippen LogP contribution < -0.4 is 19.5 Å². The highest BCUT2D eigenvalue weighted by atomic mass is 16.6. The van der Waals surface area contributed by atoms with Crippen molar-refractivity contribution < 1.29 is 28.2 Å². The molecule has 1 aromatic heterocycles. The van der Waals surface area contributed by atoms with Crippen molar-refractivity contribution in [2.45, 2.75) is 32.7 Å². The molecular weight excluding hydrogens is 460 g/mol. The molecule has 1 heterocycles. The second kappa shape index (κ2) is 11.8. The summed E-state index contributed by atoms with van der Waals surface area (Å²) in [5, 5.41) is 12.0. The van der Waals surface area contributed by atoms with Crippen LogP contribution >= 0.6 is 0 Å².